The lowest BCUT2D eigenvalue weighted by Crippen LogP contribution is -2.49. The van der Waals surface area contributed by atoms with Crippen molar-refractivity contribution in [1.82, 2.24) is 15.2 Å². The lowest BCUT2D eigenvalue weighted by molar-refractivity contribution is -0.144. The van der Waals surface area contributed by atoms with Crippen LogP contribution < -0.4 is 11.1 Å². The quantitative estimate of drug-likeness (QED) is 0.167. The third-order valence-electron chi connectivity index (χ3n) is 5.94. The number of nitrogen functional groups attached to an aromatic ring is 1. The molecule has 11 heteroatoms. The summed E-state index contributed by atoms with van der Waals surface area (Å²) >= 11 is 12.7. The molecular formula is C27H30ClFN4O3S2. The van der Waals surface area contributed by atoms with Crippen LogP contribution in [0.3, 0.4) is 0 Å². The number of thiocarbonyl (C=S) groups is 1. The molecule has 2 heterocycles. The van der Waals surface area contributed by atoms with Crippen LogP contribution in [0.25, 0.3) is 11.1 Å². The van der Waals surface area contributed by atoms with Gasteiger partial charge < -0.3 is 20.7 Å². The predicted octanol–water partition coefficient (Wildman–Crippen LogP) is 5.69. The summed E-state index contributed by atoms with van der Waals surface area (Å²) in [5, 5.41) is 7.07. The Morgan fingerprint density at radius 2 is 2.00 bits per heavy atom. The number of esters is 1. The zero-order chi connectivity index (χ0) is 27.7. The molecule has 1 unspecified atom stereocenters. The first-order valence-electron chi connectivity index (χ1n) is 12.2. The molecule has 0 bridgehead atoms. The van der Waals surface area contributed by atoms with Crippen LogP contribution in [0.5, 0.6) is 0 Å². The van der Waals surface area contributed by atoms with Crippen molar-refractivity contribution in [2.45, 2.75) is 38.6 Å². The summed E-state index contributed by atoms with van der Waals surface area (Å²) in [6, 6.07) is 11.0. The zero-order valence-corrected chi connectivity index (χ0v) is 23.5. The standard InChI is InChI=1S/C15H21N3O3S2.C12H9ClFN/c1-3-21-14(20)10(2)16-15(22)18-6-4-11(5-7-18)13-17-12(8-19)9-23-13;13-9-3-1-8(2-4-9)11-7-10(14)5-6-12(11)15/h8-11H,3-7H2,1-2H3,(H,16,22);1-7H,15H2. The summed E-state index contributed by atoms with van der Waals surface area (Å²) in [7, 11) is 0. The van der Waals surface area contributed by atoms with E-state index in [-0.39, 0.29) is 11.8 Å². The highest BCUT2D eigenvalue weighted by Crippen LogP contribution is 2.30. The number of aromatic nitrogens is 1. The number of ether oxygens (including phenoxy) is 1. The second kappa shape index (κ2) is 14.2. The molecular weight excluding hydrogens is 547 g/mol. The normalized spacial score (nSPS) is 14.2. The number of carbonyl (C=O) groups is 2. The number of nitrogens with two attached hydrogens (primary N) is 1. The summed E-state index contributed by atoms with van der Waals surface area (Å²) in [5.41, 5.74) is 8.37. The number of nitrogens with zero attached hydrogens (tertiary/aromatic N) is 2. The lowest BCUT2D eigenvalue weighted by Gasteiger charge is -2.33. The van der Waals surface area contributed by atoms with Gasteiger partial charge in [-0.2, -0.15) is 0 Å². The second-order valence-electron chi connectivity index (χ2n) is 8.65. The summed E-state index contributed by atoms with van der Waals surface area (Å²) in [6.07, 6.45) is 2.65. The van der Waals surface area contributed by atoms with E-state index in [4.69, 9.17) is 34.3 Å². The van der Waals surface area contributed by atoms with Crippen molar-refractivity contribution in [3.8, 4) is 11.1 Å². The molecule has 1 fully saturated rings. The van der Waals surface area contributed by atoms with Gasteiger partial charge in [0.05, 0.1) is 11.6 Å². The minimum absolute atomic E-state index is 0.297. The number of likely N-dealkylation sites (tertiary alicyclic amines) is 1. The number of piperidine rings is 1. The van der Waals surface area contributed by atoms with Gasteiger partial charge in [0.15, 0.2) is 11.4 Å². The maximum Gasteiger partial charge on any atom is 0.328 e. The number of halogens is 2. The maximum atomic E-state index is 13.0. The molecule has 38 heavy (non-hydrogen) atoms. The highest BCUT2D eigenvalue weighted by atomic mass is 35.5. The Bertz CT molecular complexity index is 1250. The number of hydrogen-bond donors (Lipinski definition) is 2. The number of anilines is 1. The summed E-state index contributed by atoms with van der Waals surface area (Å²) in [4.78, 5) is 28.8. The van der Waals surface area contributed by atoms with Crippen LogP contribution in [0.1, 0.15) is 48.1 Å². The SMILES string of the molecule is CCOC(=O)C(C)NC(=S)N1CCC(c2nc(C=O)cs2)CC1.Nc1ccc(F)cc1-c1ccc(Cl)cc1. The molecule has 3 N–H and O–H groups in total. The van der Waals surface area contributed by atoms with Gasteiger partial charge in [-0.3, -0.25) is 4.79 Å². The molecule has 2 aromatic carbocycles. The first-order valence-corrected chi connectivity index (χ1v) is 13.8. The number of hydrogen-bond acceptors (Lipinski definition) is 7. The van der Waals surface area contributed by atoms with Crippen molar-refractivity contribution >= 4 is 58.2 Å². The van der Waals surface area contributed by atoms with Crippen LogP contribution in [0.15, 0.2) is 47.8 Å². The fraction of sp³-hybridized carbons (Fsp3) is 0.333. The van der Waals surface area contributed by atoms with Crippen LogP contribution in [0, 0.1) is 5.82 Å². The molecule has 1 aliphatic heterocycles. The van der Waals surface area contributed by atoms with Crippen molar-refractivity contribution < 1.29 is 18.7 Å². The van der Waals surface area contributed by atoms with Crippen LogP contribution >= 0.6 is 35.2 Å². The molecule has 1 aromatic heterocycles. The fourth-order valence-corrected chi connectivity index (χ4v) is 5.30. The van der Waals surface area contributed by atoms with E-state index in [1.165, 1.54) is 23.5 Å². The predicted molar refractivity (Wildman–Crippen MR) is 154 cm³/mol. The van der Waals surface area contributed by atoms with Gasteiger partial charge in [0.2, 0.25) is 0 Å². The molecule has 1 atom stereocenters. The monoisotopic (exact) mass is 576 g/mol. The number of benzene rings is 2. The Morgan fingerprint density at radius 3 is 2.61 bits per heavy atom. The Balaban J connectivity index is 0.000000230. The second-order valence-corrected chi connectivity index (χ2v) is 10.4. The van der Waals surface area contributed by atoms with E-state index in [0.29, 0.717) is 39.6 Å². The molecule has 0 spiro atoms. The lowest BCUT2D eigenvalue weighted by atomic mass is 9.98. The molecule has 1 aliphatic rings. The Labute approximate surface area is 236 Å². The molecule has 4 rings (SSSR count). The minimum Gasteiger partial charge on any atom is -0.464 e. The van der Waals surface area contributed by atoms with E-state index in [9.17, 15) is 14.0 Å². The average molecular weight is 577 g/mol. The number of aldehydes is 1. The smallest absolute Gasteiger partial charge is 0.328 e. The van der Waals surface area contributed by atoms with Crippen LogP contribution in [-0.2, 0) is 9.53 Å². The number of carbonyl (C=O) groups excluding carboxylic acids is 2. The van der Waals surface area contributed by atoms with Crippen LogP contribution in [-0.4, -0.2) is 53.0 Å². The third-order valence-corrected chi connectivity index (χ3v) is 7.60. The molecule has 1 saturated heterocycles. The van der Waals surface area contributed by atoms with Gasteiger partial charge in [-0.25, -0.2) is 14.2 Å². The minimum atomic E-state index is -0.450. The van der Waals surface area contributed by atoms with Gasteiger partial charge in [-0.15, -0.1) is 11.3 Å². The van der Waals surface area contributed by atoms with Crippen molar-refractivity contribution in [2.75, 3.05) is 25.4 Å². The maximum absolute atomic E-state index is 13.0. The van der Waals surface area contributed by atoms with Gasteiger partial charge in [-0.05, 0) is 74.8 Å². The van der Waals surface area contributed by atoms with E-state index in [1.807, 2.05) is 12.1 Å². The first kappa shape index (κ1) is 29.5. The molecule has 0 amide bonds. The largest absolute Gasteiger partial charge is 0.464 e. The summed E-state index contributed by atoms with van der Waals surface area (Å²) in [5.74, 6) is -0.224. The van der Waals surface area contributed by atoms with E-state index in [1.54, 1.807) is 37.4 Å². The van der Waals surface area contributed by atoms with Crippen LogP contribution in [0.2, 0.25) is 5.02 Å². The van der Waals surface area contributed by atoms with Gasteiger partial charge in [0.1, 0.15) is 17.6 Å². The van der Waals surface area contributed by atoms with Gasteiger partial charge in [-0.1, -0.05) is 23.7 Å². The van der Waals surface area contributed by atoms with Gasteiger partial charge >= 0.3 is 5.97 Å². The Kier molecular flexibility index (Phi) is 11.0. The highest BCUT2D eigenvalue weighted by molar-refractivity contribution is 7.80. The van der Waals surface area contributed by atoms with E-state index < -0.39 is 6.04 Å². The molecule has 0 radical (unpaired) electrons. The molecule has 3 aromatic rings. The Hall–Kier alpha value is -3.08. The topological polar surface area (TPSA) is 97.5 Å². The third kappa shape index (κ3) is 8.21. The van der Waals surface area contributed by atoms with Crippen molar-refractivity contribution in [3.05, 3.63) is 69.4 Å². The molecule has 7 nitrogen and oxygen atoms in total. The van der Waals surface area contributed by atoms with Crippen LogP contribution in [0.4, 0.5) is 10.1 Å². The van der Waals surface area contributed by atoms with Gasteiger partial charge in [0, 0.05) is 40.7 Å². The van der Waals surface area contributed by atoms with E-state index >= 15 is 0 Å². The summed E-state index contributed by atoms with van der Waals surface area (Å²) < 4.78 is 18.0. The van der Waals surface area contributed by atoms with E-state index in [2.05, 4.69) is 15.2 Å². The highest BCUT2D eigenvalue weighted by Gasteiger charge is 2.25. The molecule has 202 valence electrons. The number of nitrogens with one attached hydrogen (secondary N) is 1. The Morgan fingerprint density at radius 1 is 1.32 bits per heavy atom. The van der Waals surface area contributed by atoms with Gasteiger partial charge in [0.25, 0.3) is 0 Å². The molecule has 0 aliphatic carbocycles. The van der Waals surface area contributed by atoms with E-state index in [0.717, 1.165) is 42.8 Å². The summed E-state index contributed by atoms with van der Waals surface area (Å²) in [6.45, 7) is 5.50. The van der Waals surface area contributed by atoms with Crippen molar-refractivity contribution in [1.29, 1.82) is 0 Å². The fourth-order valence-electron chi connectivity index (χ4n) is 3.88. The number of thiazole rings is 1. The number of rotatable bonds is 6. The first-order chi connectivity index (χ1) is 18.2. The zero-order valence-electron chi connectivity index (χ0n) is 21.2. The molecule has 0 saturated carbocycles. The average Bonchev–Trinajstić information content (AvgIpc) is 3.41. The van der Waals surface area contributed by atoms with Crippen molar-refractivity contribution in [3.63, 3.8) is 0 Å². The van der Waals surface area contributed by atoms with Crippen molar-refractivity contribution in [2.24, 2.45) is 0 Å².